The monoisotopic (exact) mass is 389 g/mol. The smallest absolute Gasteiger partial charge is 0.271 e. The number of thiazole rings is 1. The maximum absolute atomic E-state index is 12.4. The summed E-state index contributed by atoms with van der Waals surface area (Å²) in [5.74, 6) is -0.162. The largest absolute Gasteiger partial charge is 0.347 e. The third-order valence-electron chi connectivity index (χ3n) is 4.65. The van der Waals surface area contributed by atoms with Gasteiger partial charge in [0.15, 0.2) is 9.84 Å². The minimum atomic E-state index is -3.02. The van der Waals surface area contributed by atoms with E-state index in [1.54, 1.807) is 5.38 Å². The molecule has 2 aromatic heterocycles. The lowest BCUT2D eigenvalue weighted by Crippen LogP contribution is -2.35. The molecule has 1 aromatic carbocycles. The third-order valence-corrected chi connectivity index (χ3v) is 7.28. The van der Waals surface area contributed by atoms with Gasteiger partial charge in [0, 0.05) is 28.9 Å². The molecule has 1 fully saturated rings. The Bertz CT molecular complexity index is 1080. The number of aryl methyl sites for hydroxylation is 1. The van der Waals surface area contributed by atoms with Crippen molar-refractivity contribution in [2.75, 3.05) is 11.5 Å². The second-order valence-electron chi connectivity index (χ2n) is 6.44. The van der Waals surface area contributed by atoms with Gasteiger partial charge in [-0.25, -0.2) is 13.4 Å². The van der Waals surface area contributed by atoms with Crippen LogP contribution in [0.4, 0.5) is 0 Å². The Balaban J connectivity index is 1.59. The van der Waals surface area contributed by atoms with Gasteiger partial charge < -0.3 is 9.88 Å². The van der Waals surface area contributed by atoms with Gasteiger partial charge in [-0.1, -0.05) is 18.2 Å². The fraction of sp³-hybridized carbons (Fsp3) is 0.333. The number of amides is 1. The van der Waals surface area contributed by atoms with Crippen LogP contribution in [0.2, 0.25) is 0 Å². The molecular formula is C18H19N3O3S2. The van der Waals surface area contributed by atoms with E-state index in [0.717, 1.165) is 28.1 Å². The lowest BCUT2D eigenvalue weighted by atomic mass is 10.2. The van der Waals surface area contributed by atoms with Gasteiger partial charge in [0.1, 0.15) is 10.7 Å². The van der Waals surface area contributed by atoms with Crippen molar-refractivity contribution in [3.63, 3.8) is 0 Å². The number of fused-ring (bicyclic) bond motifs is 1. The number of nitrogens with one attached hydrogen (secondary N) is 1. The molecule has 8 heteroatoms. The molecule has 136 valence electrons. The third kappa shape index (κ3) is 3.14. The van der Waals surface area contributed by atoms with Crippen molar-refractivity contribution in [3.05, 3.63) is 41.4 Å². The molecule has 4 rings (SSSR count). The van der Waals surface area contributed by atoms with Crippen LogP contribution in [0.15, 0.2) is 35.7 Å². The van der Waals surface area contributed by atoms with E-state index in [0.29, 0.717) is 12.1 Å². The topological polar surface area (TPSA) is 81.1 Å². The van der Waals surface area contributed by atoms with Gasteiger partial charge in [-0.05, 0) is 25.5 Å². The summed E-state index contributed by atoms with van der Waals surface area (Å²) in [7, 11) is -3.02. The number of hydrogen-bond donors (Lipinski definition) is 1. The molecular weight excluding hydrogens is 370 g/mol. The normalized spacial score (nSPS) is 19.0. The van der Waals surface area contributed by atoms with Crippen molar-refractivity contribution < 1.29 is 13.2 Å². The number of rotatable bonds is 4. The summed E-state index contributed by atoms with van der Waals surface area (Å²) in [5.41, 5.74) is 2.46. The van der Waals surface area contributed by atoms with Crippen LogP contribution in [0.25, 0.3) is 21.6 Å². The summed E-state index contributed by atoms with van der Waals surface area (Å²) in [6, 6.07) is 9.91. The van der Waals surface area contributed by atoms with Gasteiger partial charge in [0.25, 0.3) is 5.91 Å². The number of sulfone groups is 1. The minimum absolute atomic E-state index is 0.0137. The molecule has 1 unspecified atom stereocenters. The Hall–Kier alpha value is -2.19. The summed E-state index contributed by atoms with van der Waals surface area (Å²) in [6.07, 6.45) is 0.467. The van der Waals surface area contributed by atoms with E-state index in [1.807, 2.05) is 12.1 Å². The number of hydrogen-bond acceptors (Lipinski definition) is 5. The number of benzene rings is 1. The first kappa shape index (κ1) is 17.2. The quantitative estimate of drug-likeness (QED) is 0.744. The highest BCUT2D eigenvalue weighted by atomic mass is 32.2. The minimum Gasteiger partial charge on any atom is -0.347 e. The lowest BCUT2D eigenvalue weighted by Gasteiger charge is -2.09. The van der Waals surface area contributed by atoms with Crippen molar-refractivity contribution in [1.29, 1.82) is 0 Å². The predicted molar refractivity (Wildman–Crippen MR) is 103 cm³/mol. The Morgan fingerprint density at radius 2 is 2.19 bits per heavy atom. The van der Waals surface area contributed by atoms with Crippen molar-refractivity contribution in [2.24, 2.45) is 0 Å². The van der Waals surface area contributed by atoms with Crippen LogP contribution in [-0.4, -0.2) is 41.4 Å². The van der Waals surface area contributed by atoms with E-state index in [4.69, 9.17) is 0 Å². The zero-order valence-electron chi connectivity index (χ0n) is 14.3. The molecule has 1 aliphatic rings. The molecule has 26 heavy (non-hydrogen) atoms. The lowest BCUT2D eigenvalue weighted by molar-refractivity contribution is 0.0937. The first-order chi connectivity index (χ1) is 12.5. The Labute approximate surface area is 155 Å². The van der Waals surface area contributed by atoms with Gasteiger partial charge in [0.2, 0.25) is 0 Å². The van der Waals surface area contributed by atoms with Crippen molar-refractivity contribution in [3.8, 4) is 10.7 Å². The van der Waals surface area contributed by atoms with Gasteiger partial charge in [-0.3, -0.25) is 4.79 Å². The van der Waals surface area contributed by atoms with E-state index in [1.165, 1.54) is 11.3 Å². The number of carbonyl (C=O) groups excluding carboxylic acids is 1. The molecule has 1 atom stereocenters. The van der Waals surface area contributed by atoms with Gasteiger partial charge in [-0.15, -0.1) is 11.3 Å². The highest BCUT2D eigenvalue weighted by Gasteiger charge is 2.29. The molecule has 1 aliphatic heterocycles. The Kier molecular flexibility index (Phi) is 4.32. The maximum atomic E-state index is 12.4. The van der Waals surface area contributed by atoms with Crippen LogP contribution in [0.5, 0.6) is 0 Å². The molecule has 6 nitrogen and oxygen atoms in total. The van der Waals surface area contributed by atoms with E-state index in [-0.39, 0.29) is 23.5 Å². The summed E-state index contributed by atoms with van der Waals surface area (Å²) in [4.78, 5) is 16.9. The van der Waals surface area contributed by atoms with Crippen LogP contribution in [-0.2, 0) is 16.4 Å². The van der Waals surface area contributed by atoms with Gasteiger partial charge in [-0.2, -0.15) is 0 Å². The molecule has 0 radical (unpaired) electrons. The van der Waals surface area contributed by atoms with E-state index >= 15 is 0 Å². The maximum Gasteiger partial charge on any atom is 0.271 e. The molecule has 1 saturated heterocycles. The summed E-state index contributed by atoms with van der Waals surface area (Å²) in [6.45, 7) is 2.89. The molecule has 1 amide bonds. The van der Waals surface area contributed by atoms with Crippen LogP contribution in [0, 0.1) is 0 Å². The van der Waals surface area contributed by atoms with E-state index in [9.17, 15) is 13.2 Å². The number of para-hydroxylation sites is 1. The second kappa shape index (κ2) is 6.51. The molecule has 1 N–H and O–H groups in total. The van der Waals surface area contributed by atoms with Crippen LogP contribution >= 0.6 is 11.3 Å². The molecule has 3 aromatic rings. The van der Waals surface area contributed by atoms with E-state index in [2.05, 4.69) is 40.0 Å². The molecule has 3 heterocycles. The zero-order valence-corrected chi connectivity index (χ0v) is 15.9. The highest BCUT2D eigenvalue weighted by Crippen LogP contribution is 2.30. The predicted octanol–water partition coefficient (Wildman–Crippen LogP) is 2.70. The first-order valence-electron chi connectivity index (χ1n) is 8.52. The number of nitrogens with zero attached hydrogens (tertiary/aromatic N) is 2. The Morgan fingerprint density at radius 3 is 2.92 bits per heavy atom. The average Bonchev–Trinajstić information content (AvgIpc) is 3.30. The molecule has 0 bridgehead atoms. The van der Waals surface area contributed by atoms with Crippen molar-refractivity contribution >= 4 is 38.0 Å². The SMILES string of the molecule is CCn1c(-c2nc(C(=O)NC3CCS(=O)(=O)C3)cs2)cc2ccccc21. The first-order valence-corrected chi connectivity index (χ1v) is 11.2. The molecule has 0 saturated carbocycles. The standard InChI is InChI=1S/C18H19N3O3S2/c1-2-21-15-6-4-3-5-12(15)9-16(21)18-20-14(10-25-18)17(22)19-13-7-8-26(23,24)11-13/h3-6,9-10,13H,2,7-8,11H2,1H3,(H,19,22). The van der Waals surface area contributed by atoms with Crippen LogP contribution in [0.3, 0.4) is 0 Å². The van der Waals surface area contributed by atoms with Crippen LogP contribution < -0.4 is 5.32 Å². The zero-order chi connectivity index (χ0) is 18.3. The fourth-order valence-corrected chi connectivity index (χ4v) is 5.89. The van der Waals surface area contributed by atoms with Crippen LogP contribution in [0.1, 0.15) is 23.8 Å². The highest BCUT2D eigenvalue weighted by molar-refractivity contribution is 7.91. The van der Waals surface area contributed by atoms with Crippen molar-refractivity contribution in [2.45, 2.75) is 25.9 Å². The summed E-state index contributed by atoms with van der Waals surface area (Å²) < 4.78 is 25.3. The van der Waals surface area contributed by atoms with Gasteiger partial charge >= 0.3 is 0 Å². The van der Waals surface area contributed by atoms with Gasteiger partial charge in [0.05, 0.1) is 17.2 Å². The number of aromatic nitrogens is 2. The fourth-order valence-electron chi connectivity index (χ4n) is 3.39. The summed E-state index contributed by atoms with van der Waals surface area (Å²) >= 11 is 1.42. The average molecular weight is 390 g/mol. The van der Waals surface area contributed by atoms with Crippen molar-refractivity contribution in [1.82, 2.24) is 14.9 Å². The number of carbonyl (C=O) groups is 1. The molecule has 0 aliphatic carbocycles. The second-order valence-corrected chi connectivity index (χ2v) is 9.53. The van der Waals surface area contributed by atoms with E-state index < -0.39 is 9.84 Å². The summed E-state index contributed by atoms with van der Waals surface area (Å²) in [5, 5.41) is 6.44. The molecule has 0 spiro atoms. The Morgan fingerprint density at radius 1 is 1.38 bits per heavy atom.